The highest BCUT2D eigenvalue weighted by Gasteiger charge is 2.15. The molecule has 0 aromatic carbocycles. The van der Waals surface area contributed by atoms with E-state index in [9.17, 15) is 14.9 Å². The van der Waals surface area contributed by atoms with Gasteiger partial charge < -0.3 is 19.8 Å². The van der Waals surface area contributed by atoms with Crippen molar-refractivity contribution in [1.29, 1.82) is 0 Å². The number of hydrogen-bond acceptors (Lipinski definition) is 6. The van der Waals surface area contributed by atoms with Crippen LogP contribution in [0.2, 0.25) is 0 Å². The van der Waals surface area contributed by atoms with Gasteiger partial charge in [0.15, 0.2) is 0 Å². The second-order valence-electron chi connectivity index (χ2n) is 3.36. The summed E-state index contributed by atoms with van der Waals surface area (Å²) in [6.45, 7) is 0.115. The van der Waals surface area contributed by atoms with E-state index >= 15 is 0 Å². The molecule has 9 heteroatoms. The van der Waals surface area contributed by atoms with Crippen molar-refractivity contribution in [3.05, 3.63) is 40.6 Å². The molecule has 0 fully saturated rings. The third kappa shape index (κ3) is 2.90. The number of carbonyl (C=O) groups excluding carboxylic acids is 1. The molecule has 2 aromatic heterocycles. The number of nitrogens with one attached hydrogen (secondary N) is 1. The Balaban J connectivity index is 1.85. The first kappa shape index (κ1) is 11.8. The molecular weight excluding hydrogens is 242 g/mol. The molecule has 0 aliphatic carbocycles. The zero-order valence-electron chi connectivity index (χ0n) is 9.15. The second kappa shape index (κ2) is 5.08. The number of nitro groups is 1. The van der Waals surface area contributed by atoms with E-state index in [1.807, 2.05) is 0 Å². The molecular formula is C9H9N5O4. The third-order valence-electron chi connectivity index (χ3n) is 2.03. The summed E-state index contributed by atoms with van der Waals surface area (Å²) in [6, 6.07) is 3.43. The minimum Gasteiger partial charge on any atom is -0.467 e. The normalized spacial score (nSPS) is 10.2. The Morgan fingerprint density at radius 2 is 2.44 bits per heavy atom. The van der Waals surface area contributed by atoms with E-state index in [0.29, 0.717) is 5.76 Å². The standard InChI is InChI=1S/C9H9N5O4/c15-8(10-4-7-2-1-3-18-7)5-13-6-11-9(12-13)14(16)17/h1-3,6H,4-5H2,(H,10,15). The van der Waals surface area contributed by atoms with Gasteiger partial charge in [0, 0.05) is 5.10 Å². The molecule has 0 aliphatic heterocycles. The summed E-state index contributed by atoms with van der Waals surface area (Å²) in [5.41, 5.74) is 0. The Labute approximate surface area is 101 Å². The maximum absolute atomic E-state index is 11.5. The summed E-state index contributed by atoms with van der Waals surface area (Å²) >= 11 is 0. The van der Waals surface area contributed by atoms with E-state index in [4.69, 9.17) is 4.42 Å². The van der Waals surface area contributed by atoms with Gasteiger partial charge >= 0.3 is 5.95 Å². The number of hydrogen-bond donors (Lipinski definition) is 1. The summed E-state index contributed by atoms with van der Waals surface area (Å²) in [5.74, 6) is -0.257. The highest BCUT2D eigenvalue weighted by atomic mass is 16.6. The summed E-state index contributed by atoms with van der Waals surface area (Å²) in [4.78, 5) is 24.5. The average molecular weight is 251 g/mol. The van der Waals surface area contributed by atoms with Gasteiger partial charge in [0.05, 0.1) is 12.8 Å². The van der Waals surface area contributed by atoms with Crippen molar-refractivity contribution >= 4 is 11.9 Å². The van der Waals surface area contributed by atoms with E-state index in [1.165, 1.54) is 6.26 Å². The van der Waals surface area contributed by atoms with Crippen LogP contribution in [0.1, 0.15) is 5.76 Å². The Hall–Kier alpha value is -2.71. The molecule has 0 saturated heterocycles. The first-order valence-corrected chi connectivity index (χ1v) is 4.98. The first-order valence-electron chi connectivity index (χ1n) is 4.98. The number of nitrogens with zero attached hydrogens (tertiary/aromatic N) is 4. The number of furan rings is 1. The topological polar surface area (TPSA) is 116 Å². The summed E-state index contributed by atoms with van der Waals surface area (Å²) in [6.07, 6.45) is 2.63. The van der Waals surface area contributed by atoms with E-state index in [1.54, 1.807) is 12.1 Å². The fraction of sp³-hybridized carbons (Fsp3) is 0.222. The molecule has 0 aliphatic rings. The van der Waals surface area contributed by atoms with Crippen LogP contribution in [0, 0.1) is 10.1 Å². The largest absolute Gasteiger partial charge is 0.490 e. The van der Waals surface area contributed by atoms with Crippen LogP contribution in [0.4, 0.5) is 5.95 Å². The smallest absolute Gasteiger partial charge is 0.467 e. The van der Waals surface area contributed by atoms with Gasteiger partial charge in [0.1, 0.15) is 12.3 Å². The number of amides is 1. The molecule has 1 amide bonds. The van der Waals surface area contributed by atoms with Crippen LogP contribution in [-0.2, 0) is 17.9 Å². The molecule has 0 saturated carbocycles. The third-order valence-corrected chi connectivity index (χ3v) is 2.03. The zero-order chi connectivity index (χ0) is 13.0. The lowest BCUT2D eigenvalue weighted by atomic mass is 10.4. The molecule has 2 aromatic rings. The fourth-order valence-electron chi connectivity index (χ4n) is 1.25. The molecule has 0 unspecified atom stereocenters. The van der Waals surface area contributed by atoms with Crippen LogP contribution >= 0.6 is 0 Å². The molecule has 18 heavy (non-hydrogen) atoms. The van der Waals surface area contributed by atoms with Crippen LogP contribution in [0.25, 0.3) is 0 Å². The van der Waals surface area contributed by atoms with Crippen LogP contribution < -0.4 is 5.32 Å². The van der Waals surface area contributed by atoms with Crippen LogP contribution in [0.5, 0.6) is 0 Å². The fourth-order valence-corrected chi connectivity index (χ4v) is 1.25. The zero-order valence-corrected chi connectivity index (χ0v) is 9.15. The van der Waals surface area contributed by atoms with Crippen molar-refractivity contribution in [1.82, 2.24) is 20.1 Å². The Morgan fingerprint density at radius 1 is 1.61 bits per heavy atom. The molecule has 2 heterocycles. The maximum atomic E-state index is 11.5. The van der Waals surface area contributed by atoms with Gasteiger partial charge in [-0.15, -0.1) is 0 Å². The lowest BCUT2D eigenvalue weighted by Gasteiger charge is -2.00. The van der Waals surface area contributed by atoms with Crippen molar-refractivity contribution in [3.8, 4) is 0 Å². The Bertz CT molecular complexity index is 547. The highest BCUT2D eigenvalue weighted by molar-refractivity contribution is 5.75. The molecule has 0 atom stereocenters. The maximum Gasteiger partial charge on any atom is 0.490 e. The van der Waals surface area contributed by atoms with Gasteiger partial charge in [-0.3, -0.25) is 4.79 Å². The predicted molar refractivity (Wildman–Crippen MR) is 57.2 cm³/mol. The average Bonchev–Trinajstić information content (AvgIpc) is 2.96. The quantitative estimate of drug-likeness (QED) is 0.594. The Morgan fingerprint density at radius 3 is 3.06 bits per heavy atom. The van der Waals surface area contributed by atoms with E-state index in [-0.39, 0.29) is 19.0 Å². The SMILES string of the molecule is O=C(Cn1cnc([N+](=O)[O-])n1)NCc1ccco1. The minimum atomic E-state index is -0.725. The van der Waals surface area contributed by atoms with Gasteiger partial charge in [-0.25, -0.2) is 0 Å². The summed E-state index contributed by atoms with van der Waals surface area (Å²) < 4.78 is 6.12. The van der Waals surface area contributed by atoms with Gasteiger partial charge in [0.25, 0.3) is 0 Å². The van der Waals surface area contributed by atoms with Crippen LogP contribution in [0.3, 0.4) is 0 Å². The molecule has 0 bridgehead atoms. The van der Waals surface area contributed by atoms with Crippen LogP contribution in [-0.4, -0.2) is 25.6 Å². The van der Waals surface area contributed by atoms with Gasteiger partial charge in [-0.2, -0.15) is 4.68 Å². The molecule has 0 radical (unpaired) electrons. The van der Waals surface area contributed by atoms with Gasteiger partial charge in [0.2, 0.25) is 12.2 Å². The summed E-state index contributed by atoms with van der Waals surface area (Å²) in [5, 5.41) is 16.4. The summed E-state index contributed by atoms with van der Waals surface area (Å²) in [7, 11) is 0. The van der Waals surface area contributed by atoms with Crippen molar-refractivity contribution in [2.24, 2.45) is 0 Å². The van der Waals surface area contributed by atoms with Crippen molar-refractivity contribution < 1.29 is 14.1 Å². The van der Waals surface area contributed by atoms with Gasteiger partial charge in [-0.1, -0.05) is 4.98 Å². The van der Waals surface area contributed by atoms with E-state index in [2.05, 4.69) is 15.4 Å². The highest BCUT2D eigenvalue weighted by Crippen LogP contribution is 2.00. The molecule has 0 spiro atoms. The molecule has 9 nitrogen and oxygen atoms in total. The van der Waals surface area contributed by atoms with E-state index in [0.717, 1.165) is 11.0 Å². The van der Waals surface area contributed by atoms with Crippen molar-refractivity contribution in [2.45, 2.75) is 13.1 Å². The van der Waals surface area contributed by atoms with Crippen LogP contribution in [0.15, 0.2) is 29.1 Å². The van der Waals surface area contributed by atoms with Crippen molar-refractivity contribution in [3.63, 3.8) is 0 Å². The lowest BCUT2D eigenvalue weighted by molar-refractivity contribution is -0.394. The molecule has 94 valence electrons. The molecule has 2 rings (SSSR count). The molecule has 1 N–H and O–H groups in total. The lowest BCUT2D eigenvalue weighted by Crippen LogP contribution is -2.27. The number of rotatable bonds is 5. The van der Waals surface area contributed by atoms with Crippen molar-refractivity contribution in [2.75, 3.05) is 0 Å². The van der Waals surface area contributed by atoms with E-state index < -0.39 is 10.9 Å². The first-order chi connectivity index (χ1) is 8.65. The number of carbonyl (C=O) groups is 1. The second-order valence-corrected chi connectivity index (χ2v) is 3.36. The Kier molecular flexibility index (Phi) is 3.32. The predicted octanol–water partition coefficient (Wildman–Crippen LogP) is 0.0957. The monoisotopic (exact) mass is 251 g/mol. The number of aromatic nitrogens is 3. The minimum absolute atomic E-state index is 0.137. The van der Waals surface area contributed by atoms with Gasteiger partial charge in [-0.05, 0) is 17.1 Å².